The van der Waals surface area contributed by atoms with Crippen molar-refractivity contribution in [2.45, 2.75) is 19.4 Å². The number of likely N-dealkylation sites (N-methyl/N-ethyl adjacent to an activating group) is 1. The molecule has 0 spiro atoms. The smallest absolute Gasteiger partial charge is 0.135 e. The summed E-state index contributed by atoms with van der Waals surface area (Å²) in [4.78, 5) is 2.16. The van der Waals surface area contributed by atoms with Crippen LogP contribution in [0.5, 0.6) is 0 Å². The summed E-state index contributed by atoms with van der Waals surface area (Å²) in [5.74, 6) is -0.393. The highest BCUT2D eigenvalue weighted by Gasteiger charge is 2.21. The van der Waals surface area contributed by atoms with Crippen LogP contribution in [0.2, 0.25) is 0 Å². The van der Waals surface area contributed by atoms with E-state index in [2.05, 4.69) is 24.1 Å². The van der Waals surface area contributed by atoms with Gasteiger partial charge in [-0.2, -0.15) is 0 Å². The van der Waals surface area contributed by atoms with Crippen LogP contribution in [0.4, 0.5) is 10.1 Å². The number of hydrogen-bond donors (Lipinski definition) is 2. The molecule has 0 radical (unpaired) electrons. The van der Waals surface area contributed by atoms with Gasteiger partial charge in [-0.1, -0.05) is 18.3 Å². The number of anilines is 1. The Labute approximate surface area is 113 Å². The van der Waals surface area contributed by atoms with Crippen LogP contribution in [-0.2, 0) is 0 Å². The van der Waals surface area contributed by atoms with Crippen molar-refractivity contribution >= 4 is 22.9 Å². The molecule has 0 saturated carbocycles. The quantitative estimate of drug-likeness (QED) is 0.804. The van der Waals surface area contributed by atoms with Crippen molar-refractivity contribution in [2.24, 2.45) is 5.73 Å². The summed E-state index contributed by atoms with van der Waals surface area (Å²) in [6, 6.07) is 4.78. The molecular weight excluding hydrogens is 249 g/mol. The molecule has 0 aromatic heterocycles. The van der Waals surface area contributed by atoms with Crippen LogP contribution < -0.4 is 11.1 Å². The Hall–Kier alpha value is -1.20. The van der Waals surface area contributed by atoms with Gasteiger partial charge >= 0.3 is 0 Å². The minimum atomic E-state index is -0.393. The second kappa shape index (κ2) is 5.63. The first kappa shape index (κ1) is 14.9. The maximum atomic E-state index is 13.7. The first-order valence-electron chi connectivity index (χ1n) is 5.75. The van der Waals surface area contributed by atoms with Gasteiger partial charge in [-0.25, -0.2) is 4.39 Å². The van der Waals surface area contributed by atoms with Crippen molar-refractivity contribution in [1.82, 2.24) is 4.90 Å². The molecule has 18 heavy (non-hydrogen) atoms. The Kier molecular flexibility index (Phi) is 4.65. The number of nitrogens with two attached hydrogens (primary N) is 1. The molecule has 0 heterocycles. The van der Waals surface area contributed by atoms with E-state index < -0.39 is 5.82 Å². The number of halogens is 1. The molecule has 1 aromatic carbocycles. The minimum absolute atomic E-state index is 0.0557. The summed E-state index contributed by atoms with van der Waals surface area (Å²) in [6.07, 6.45) is 0. The number of benzene rings is 1. The summed E-state index contributed by atoms with van der Waals surface area (Å²) in [6.45, 7) is 4.86. The van der Waals surface area contributed by atoms with Crippen molar-refractivity contribution < 1.29 is 4.39 Å². The fourth-order valence-electron chi connectivity index (χ4n) is 1.39. The summed E-state index contributed by atoms with van der Waals surface area (Å²) in [7, 11) is 4.00. The van der Waals surface area contributed by atoms with E-state index in [-0.39, 0.29) is 16.1 Å². The molecule has 1 aromatic rings. The molecule has 0 bridgehead atoms. The zero-order chi connectivity index (χ0) is 13.9. The highest BCUT2D eigenvalue weighted by molar-refractivity contribution is 7.80. The van der Waals surface area contributed by atoms with Gasteiger partial charge in [0.25, 0.3) is 0 Å². The second-order valence-electron chi connectivity index (χ2n) is 5.09. The SMILES string of the molecule is CN(C)C(C)(C)CNc1cccc(F)c1C(N)=S. The highest BCUT2D eigenvalue weighted by Crippen LogP contribution is 2.20. The molecule has 0 atom stereocenters. The van der Waals surface area contributed by atoms with Crippen LogP contribution in [-0.4, -0.2) is 36.1 Å². The lowest BCUT2D eigenvalue weighted by atomic mass is 10.0. The van der Waals surface area contributed by atoms with Crippen molar-refractivity contribution in [1.29, 1.82) is 0 Å². The number of rotatable bonds is 5. The molecule has 0 amide bonds. The predicted octanol–water partition coefficient (Wildman–Crippen LogP) is 2.21. The molecule has 0 aliphatic carbocycles. The van der Waals surface area contributed by atoms with Gasteiger partial charge in [0.05, 0.1) is 5.56 Å². The molecule has 0 fully saturated rings. The zero-order valence-corrected chi connectivity index (χ0v) is 12.1. The summed E-state index contributed by atoms with van der Waals surface area (Å²) < 4.78 is 13.7. The molecule has 100 valence electrons. The minimum Gasteiger partial charge on any atom is -0.389 e. The first-order chi connectivity index (χ1) is 8.25. The van der Waals surface area contributed by atoms with E-state index in [1.807, 2.05) is 14.1 Å². The van der Waals surface area contributed by atoms with E-state index in [0.717, 1.165) is 0 Å². The Balaban J connectivity index is 2.92. The van der Waals surface area contributed by atoms with Gasteiger partial charge < -0.3 is 16.0 Å². The fraction of sp³-hybridized carbons (Fsp3) is 0.462. The Morgan fingerprint density at radius 3 is 2.56 bits per heavy atom. The average molecular weight is 269 g/mol. The highest BCUT2D eigenvalue weighted by atomic mass is 32.1. The molecular formula is C13H20FN3S. The molecule has 3 N–H and O–H groups in total. The van der Waals surface area contributed by atoms with Gasteiger partial charge in [-0.3, -0.25) is 0 Å². The second-order valence-corrected chi connectivity index (χ2v) is 5.53. The maximum absolute atomic E-state index is 13.7. The van der Waals surface area contributed by atoms with Crippen LogP contribution in [0.3, 0.4) is 0 Å². The third kappa shape index (κ3) is 3.40. The van der Waals surface area contributed by atoms with Gasteiger partial charge in [0.2, 0.25) is 0 Å². The van der Waals surface area contributed by atoms with Gasteiger partial charge in [0.15, 0.2) is 0 Å². The maximum Gasteiger partial charge on any atom is 0.135 e. The monoisotopic (exact) mass is 269 g/mol. The van der Waals surface area contributed by atoms with Crippen LogP contribution in [0, 0.1) is 5.82 Å². The van der Waals surface area contributed by atoms with Gasteiger partial charge in [0, 0.05) is 17.8 Å². The number of nitrogens with zero attached hydrogens (tertiary/aromatic N) is 1. The molecule has 3 nitrogen and oxygen atoms in total. The topological polar surface area (TPSA) is 41.3 Å². The van der Waals surface area contributed by atoms with Crippen LogP contribution in [0.15, 0.2) is 18.2 Å². The van der Waals surface area contributed by atoms with Crippen molar-refractivity contribution in [3.8, 4) is 0 Å². The number of thiocarbonyl (C=S) groups is 1. The molecule has 0 aliphatic rings. The number of hydrogen-bond acceptors (Lipinski definition) is 3. The van der Waals surface area contributed by atoms with Gasteiger partial charge in [-0.05, 0) is 40.1 Å². The van der Waals surface area contributed by atoms with Crippen molar-refractivity contribution in [2.75, 3.05) is 26.0 Å². The van der Waals surface area contributed by atoms with Crippen LogP contribution >= 0.6 is 12.2 Å². The summed E-state index contributed by atoms with van der Waals surface area (Å²) >= 11 is 4.88. The lowest BCUT2D eigenvalue weighted by molar-refractivity contribution is 0.210. The first-order valence-corrected chi connectivity index (χ1v) is 6.16. The van der Waals surface area contributed by atoms with E-state index in [1.54, 1.807) is 12.1 Å². The fourth-order valence-corrected chi connectivity index (χ4v) is 1.60. The summed E-state index contributed by atoms with van der Waals surface area (Å²) in [5.41, 5.74) is 6.42. The molecule has 0 saturated heterocycles. The standard InChI is InChI=1S/C13H20FN3S/c1-13(2,17(3)4)8-16-10-7-5-6-9(14)11(10)12(15)18/h5-7,16H,8H2,1-4H3,(H2,15,18). The van der Waals surface area contributed by atoms with E-state index in [4.69, 9.17) is 18.0 Å². The largest absolute Gasteiger partial charge is 0.389 e. The molecule has 1 rings (SSSR count). The predicted molar refractivity (Wildman–Crippen MR) is 78.5 cm³/mol. The lowest BCUT2D eigenvalue weighted by Crippen LogP contribution is -2.44. The van der Waals surface area contributed by atoms with Crippen LogP contribution in [0.1, 0.15) is 19.4 Å². The summed E-state index contributed by atoms with van der Waals surface area (Å²) in [5, 5.41) is 3.21. The number of nitrogens with one attached hydrogen (secondary N) is 1. The zero-order valence-electron chi connectivity index (χ0n) is 11.2. The third-order valence-electron chi connectivity index (χ3n) is 3.18. The van der Waals surface area contributed by atoms with E-state index >= 15 is 0 Å². The lowest BCUT2D eigenvalue weighted by Gasteiger charge is -2.33. The molecule has 0 aliphatic heterocycles. The van der Waals surface area contributed by atoms with Crippen LogP contribution in [0.25, 0.3) is 0 Å². The Morgan fingerprint density at radius 2 is 2.06 bits per heavy atom. The van der Waals surface area contributed by atoms with E-state index in [0.29, 0.717) is 12.2 Å². The van der Waals surface area contributed by atoms with Gasteiger partial charge in [0.1, 0.15) is 10.8 Å². The average Bonchev–Trinajstić information content (AvgIpc) is 2.25. The third-order valence-corrected chi connectivity index (χ3v) is 3.39. The normalized spacial score (nSPS) is 11.7. The molecule has 0 unspecified atom stereocenters. The molecule has 5 heteroatoms. The Bertz CT molecular complexity index is 444. The van der Waals surface area contributed by atoms with E-state index in [1.165, 1.54) is 6.07 Å². The van der Waals surface area contributed by atoms with Gasteiger partial charge in [-0.15, -0.1) is 0 Å². The van der Waals surface area contributed by atoms with E-state index in [9.17, 15) is 4.39 Å². The van der Waals surface area contributed by atoms with Crippen molar-refractivity contribution in [3.05, 3.63) is 29.6 Å². The Morgan fingerprint density at radius 1 is 1.44 bits per heavy atom. The van der Waals surface area contributed by atoms with Crippen molar-refractivity contribution in [3.63, 3.8) is 0 Å².